The van der Waals surface area contributed by atoms with Crippen LogP contribution in [0.15, 0.2) is 84.9 Å². The van der Waals surface area contributed by atoms with Crippen LogP contribution in [-0.4, -0.2) is 29.5 Å². The average Bonchev–Trinajstić information content (AvgIpc) is 3.34. The lowest BCUT2D eigenvalue weighted by atomic mass is 9.76. The number of Topliss-reactive ketones (excluding diaryl/α,β-unsaturated/α-hetero) is 2. The van der Waals surface area contributed by atoms with E-state index in [1.54, 1.807) is 48.5 Å². The fourth-order valence-electron chi connectivity index (χ4n) is 6.25. The highest BCUT2D eigenvalue weighted by Crippen LogP contribution is 2.59. The molecule has 1 spiro atoms. The number of ether oxygens (including phenoxy) is 4. The molecule has 2 aliphatic rings. The van der Waals surface area contributed by atoms with Crippen molar-refractivity contribution in [2.75, 3.05) is 0 Å². The fourth-order valence-corrected chi connectivity index (χ4v) is 6.25. The summed E-state index contributed by atoms with van der Waals surface area (Å²) in [5.74, 6) is -0.0690. The van der Waals surface area contributed by atoms with E-state index in [9.17, 15) is 24.0 Å². The molecule has 0 N–H and O–H groups in total. The van der Waals surface area contributed by atoms with Gasteiger partial charge in [-0.1, -0.05) is 30.3 Å². The summed E-state index contributed by atoms with van der Waals surface area (Å²) in [4.78, 5) is 60.6. The lowest BCUT2D eigenvalue weighted by molar-refractivity contribution is -0.136. The van der Waals surface area contributed by atoms with Gasteiger partial charge in [-0.15, -0.1) is 0 Å². The second-order valence-corrected chi connectivity index (χ2v) is 11.7. The van der Waals surface area contributed by atoms with Crippen molar-refractivity contribution in [2.45, 2.75) is 45.1 Å². The quantitative estimate of drug-likeness (QED) is 0.131. The summed E-state index contributed by atoms with van der Waals surface area (Å²) in [5, 5.41) is 2.84. The van der Waals surface area contributed by atoms with E-state index in [1.807, 2.05) is 36.4 Å². The number of hydrogen-bond donors (Lipinski definition) is 0. The summed E-state index contributed by atoms with van der Waals surface area (Å²) in [7, 11) is 0. The molecule has 9 nitrogen and oxygen atoms in total. The van der Waals surface area contributed by atoms with E-state index in [0.717, 1.165) is 10.8 Å². The van der Waals surface area contributed by atoms with Crippen LogP contribution >= 0.6 is 0 Å². The first-order valence-electron chi connectivity index (χ1n) is 15.2. The highest BCUT2D eigenvalue weighted by Gasteiger charge is 2.54. The van der Waals surface area contributed by atoms with Crippen LogP contribution in [0.3, 0.4) is 0 Å². The van der Waals surface area contributed by atoms with Crippen molar-refractivity contribution in [3.05, 3.63) is 107 Å². The van der Waals surface area contributed by atoms with E-state index in [2.05, 4.69) is 0 Å². The van der Waals surface area contributed by atoms with Crippen LogP contribution in [0.4, 0.5) is 0 Å². The molecule has 9 heteroatoms. The minimum atomic E-state index is -1.31. The van der Waals surface area contributed by atoms with Crippen LogP contribution in [0, 0.1) is 0 Å². The number of hydrogen-bond acceptors (Lipinski definition) is 9. The van der Waals surface area contributed by atoms with E-state index >= 15 is 0 Å². The molecular weight excluding hydrogens is 600 g/mol. The number of carbonyl (C=O) groups is 5. The number of ketones is 2. The van der Waals surface area contributed by atoms with E-state index in [1.165, 1.54) is 13.8 Å². The van der Waals surface area contributed by atoms with Gasteiger partial charge in [-0.05, 0) is 79.2 Å². The van der Waals surface area contributed by atoms with Gasteiger partial charge in [0.05, 0.1) is 18.4 Å². The second-order valence-electron chi connectivity index (χ2n) is 11.7. The Labute approximate surface area is 269 Å². The zero-order chi connectivity index (χ0) is 32.9. The predicted octanol–water partition coefficient (Wildman–Crippen LogP) is 7.11. The maximum Gasteiger partial charge on any atom is 0.340 e. The third-order valence-corrected chi connectivity index (χ3v) is 8.44. The molecule has 0 atom stereocenters. The number of benzene rings is 5. The molecule has 47 heavy (non-hydrogen) atoms. The highest BCUT2D eigenvalue weighted by atomic mass is 16.6. The molecule has 0 fully saturated rings. The first-order valence-corrected chi connectivity index (χ1v) is 15.2. The largest absolute Gasteiger partial charge is 0.455 e. The molecule has 2 heterocycles. The predicted molar refractivity (Wildman–Crippen MR) is 171 cm³/mol. The van der Waals surface area contributed by atoms with Gasteiger partial charge in [0.2, 0.25) is 0 Å². The van der Waals surface area contributed by atoms with Gasteiger partial charge in [0, 0.05) is 40.3 Å². The third-order valence-electron chi connectivity index (χ3n) is 8.44. The van der Waals surface area contributed by atoms with Crippen LogP contribution in [0.5, 0.6) is 23.0 Å². The van der Waals surface area contributed by atoms with Crippen molar-refractivity contribution in [2.24, 2.45) is 0 Å². The average molecular weight is 629 g/mol. The van der Waals surface area contributed by atoms with Crippen molar-refractivity contribution >= 4 is 51.0 Å². The Morgan fingerprint density at radius 2 is 1.13 bits per heavy atom. The van der Waals surface area contributed by atoms with Crippen molar-refractivity contribution < 1.29 is 42.9 Å². The maximum absolute atomic E-state index is 13.4. The molecule has 0 aliphatic carbocycles. The smallest absolute Gasteiger partial charge is 0.340 e. The molecule has 0 saturated carbocycles. The molecule has 0 radical (unpaired) electrons. The van der Waals surface area contributed by atoms with Gasteiger partial charge in [0.1, 0.15) is 34.6 Å². The van der Waals surface area contributed by atoms with Crippen LogP contribution in [0.25, 0.3) is 21.5 Å². The van der Waals surface area contributed by atoms with Crippen LogP contribution in [0.2, 0.25) is 0 Å². The van der Waals surface area contributed by atoms with E-state index < -0.39 is 23.5 Å². The molecule has 2 aliphatic heterocycles. The first kappa shape index (κ1) is 29.9. The topological polar surface area (TPSA) is 122 Å². The van der Waals surface area contributed by atoms with Crippen LogP contribution in [-0.2, 0) is 29.5 Å². The molecule has 0 bridgehead atoms. The zero-order valence-electron chi connectivity index (χ0n) is 25.6. The zero-order valence-corrected chi connectivity index (χ0v) is 25.6. The Balaban J connectivity index is 1.35. The van der Waals surface area contributed by atoms with Crippen molar-refractivity contribution in [1.82, 2.24) is 0 Å². The Kier molecular flexibility index (Phi) is 7.31. The SMILES string of the molecule is CC(=O)CCC(=O)Oc1ccc2c3c(ccc2c1)C1(OC(=O)c2ccccc21)c1ccc2cc(OC(=O)CCC(C)=O)ccc2c1O3. The van der Waals surface area contributed by atoms with Crippen LogP contribution < -0.4 is 14.2 Å². The number of rotatable bonds is 8. The van der Waals surface area contributed by atoms with Gasteiger partial charge in [-0.25, -0.2) is 4.79 Å². The number of esters is 3. The van der Waals surface area contributed by atoms with E-state index in [0.29, 0.717) is 56.0 Å². The Bertz CT molecular complexity index is 2060. The molecule has 234 valence electrons. The standard InChI is InChI=1S/C38H28O9/c1-21(39)7-17-33(41)44-25-11-13-27-23(19-25)9-15-31-35(27)46-36-28-14-12-26(45-34(42)18-8-22(2)40)20-24(28)10-16-32(36)38(31)30-6-4-3-5-29(30)37(43)47-38/h3-6,9-16,19-20H,7-8,17-18H2,1-2H3. The molecule has 0 aromatic heterocycles. The Morgan fingerprint density at radius 1 is 0.617 bits per heavy atom. The van der Waals surface area contributed by atoms with Gasteiger partial charge in [0.25, 0.3) is 0 Å². The molecule has 0 saturated heterocycles. The second kappa shape index (κ2) is 11.5. The van der Waals surface area contributed by atoms with Crippen molar-refractivity contribution in [3.8, 4) is 23.0 Å². The summed E-state index contributed by atoms with van der Waals surface area (Å²) >= 11 is 0. The summed E-state index contributed by atoms with van der Waals surface area (Å²) in [6.07, 6.45) is 0.175. The van der Waals surface area contributed by atoms with Crippen molar-refractivity contribution in [1.29, 1.82) is 0 Å². The number of carbonyl (C=O) groups excluding carboxylic acids is 5. The summed E-state index contributed by atoms with van der Waals surface area (Å²) < 4.78 is 24.1. The van der Waals surface area contributed by atoms with E-state index in [4.69, 9.17) is 18.9 Å². The molecule has 0 amide bonds. The van der Waals surface area contributed by atoms with E-state index in [-0.39, 0.29) is 37.2 Å². The minimum Gasteiger partial charge on any atom is -0.455 e. The summed E-state index contributed by atoms with van der Waals surface area (Å²) in [5.41, 5.74) is 1.10. The van der Waals surface area contributed by atoms with Gasteiger partial charge in [-0.3, -0.25) is 9.59 Å². The molecule has 0 unspecified atom stereocenters. The van der Waals surface area contributed by atoms with Gasteiger partial charge in [0.15, 0.2) is 5.60 Å². The third kappa shape index (κ3) is 5.19. The molecule has 7 rings (SSSR count). The normalized spacial score (nSPS) is 13.7. The fraction of sp³-hybridized carbons (Fsp3) is 0.184. The lowest BCUT2D eigenvalue weighted by Crippen LogP contribution is -2.33. The lowest BCUT2D eigenvalue weighted by Gasteiger charge is -2.37. The summed E-state index contributed by atoms with van der Waals surface area (Å²) in [6, 6.07) is 25.0. The number of fused-ring (bicyclic) bond motifs is 10. The monoisotopic (exact) mass is 628 g/mol. The maximum atomic E-state index is 13.4. The minimum absolute atomic E-state index is 0.0167. The molecular formula is C38H28O9. The van der Waals surface area contributed by atoms with Crippen LogP contribution in [0.1, 0.15) is 66.6 Å². The molecule has 5 aromatic carbocycles. The Hall–Kier alpha value is -5.83. The molecule has 5 aromatic rings. The highest BCUT2D eigenvalue weighted by molar-refractivity contribution is 6.01. The van der Waals surface area contributed by atoms with Gasteiger partial charge < -0.3 is 28.5 Å². The summed E-state index contributed by atoms with van der Waals surface area (Å²) in [6.45, 7) is 2.85. The van der Waals surface area contributed by atoms with Gasteiger partial charge >= 0.3 is 17.9 Å². The van der Waals surface area contributed by atoms with Gasteiger partial charge in [-0.2, -0.15) is 0 Å². The first-order chi connectivity index (χ1) is 22.6. The van der Waals surface area contributed by atoms with Crippen molar-refractivity contribution in [3.63, 3.8) is 0 Å². The Morgan fingerprint density at radius 3 is 1.64 bits per heavy atom.